The fourth-order valence-electron chi connectivity index (χ4n) is 1.85. The minimum absolute atomic E-state index is 0.508. The average molecular weight is 286 g/mol. The molecule has 2 heterocycles. The Morgan fingerprint density at radius 1 is 1.05 bits per heavy atom. The van der Waals surface area contributed by atoms with Crippen LogP contribution in [0, 0.1) is 6.92 Å². The van der Waals surface area contributed by atoms with E-state index in [4.69, 9.17) is 17.3 Å². The first-order chi connectivity index (χ1) is 9.63. The van der Waals surface area contributed by atoms with E-state index in [0.29, 0.717) is 16.7 Å². The van der Waals surface area contributed by atoms with E-state index in [9.17, 15) is 0 Å². The second-order valence-electron chi connectivity index (χ2n) is 4.41. The number of aryl methyl sites for hydroxylation is 1. The second-order valence-corrected chi connectivity index (χ2v) is 4.84. The first kappa shape index (κ1) is 12.6. The van der Waals surface area contributed by atoms with Crippen molar-refractivity contribution in [1.82, 2.24) is 20.0 Å². The van der Waals surface area contributed by atoms with E-state index in [1.54, 1.807) is 10.7 Å². The lowest BCUT2D eigenvalue weighted by Gasteiger charge is -2.01. The summed E-state index contributed by atoms with van der Waals surface area (Å²) in [5, 5.41) is 13.2. The number of aromatic nitrogens is 4. The molecule has 5 nitrogen and oxygen atoms in total. The van der Waals surface area contributed by atoms with Crippen LogP contribution < -0.4 is 5.73 Å². The zero-order valence-electron chi connectivity index (χ0n) is 10.8. The van der Waals surface area contributed by atoms with Crippen LogP contribution in [0.1, 0.15) is 5.69 Å². The van der Waals surface area contributed by atoms with Gasteiger partial charge in [0.25, 0.3) is 0 Å². The topological polar surface area (TPSA) is 69.6 Å². The number of nitrogens with zero attached hydrogens (tertiary/aromatic N) is 4. The zero-order valence-corrected chi connectivity index (χ0v) is 11.5. The van der Waals surface area contributed by atoms with Crippen LogP contribution in [-0.4, -0.2) is 20.0 Å². The van der Waals surface area contributed by atoms with Crippen LogP contribution in [0.2, 0.25) is 5.02 Å². The van der Waals surface area contributed by atoms with E-state index in [2.05, 4.69) is 15.3 Å². The Labute approximate surface area is 121 Å². The Morgan fingerprint density at radius 2 is 1.80 bits per heavy atom. The van der Waals surface area contributed by atoms with Crippen LogP contribution in [0.3, 0.4) is 0 Å². The fraction of sp³-hybridized carbons (Fsp3) is 0.0714. The largest absolute Gasteiger partial charge is 0.384 e. The molecule has 3 rings (SSSR count). The van der Waals surface area contributed by atoms with Gasteiger partial charge in [-0.25, -0.2) is 0 Å². The number of halogens is 1. The van der Waals surface area contributed by atoms with Crippen LogP contribution in [0.4, 0.5) is 5.82 Å². The van der Waals surface area contributed by atoms with Crippen molar-refractivity contribution < 1.29 is 0 Å². The number of anilines is 1. The third kappa shape index (κ3) is 2.35. The van der Waals surface area contributed by atoms with Gasteiger partial charge in [0.1, 0.15) is 5.82 Å². The summed E-state index contributed by atoms with van der Waals surface area (Å²) in [6.45, 7) is 1.88. The van der Waals surface area contributed by atoms with Gasteiger partial charge in [0.2, 0.25) is 0 Å². The molecular weight excluding hydrogens is 274 g/mol. The predicted octanol–water partition coefficient (Wildman–Crippen LogP) is 2.87. The molecular formula is C14H12ClN5. The van der Waals surface area contributed by atoms with Crippen molar-refractivity contribution in [3.05, 3.63) is 53.2 Å². The van der Waals surface area contributed by atoms with Crippen LogP contribution in [0.15, 0.2) is 42.5 Å². The summed E-state index contributed by atoms with van der Waals surface area (Å²) in [4.78, 5) is 0. The van der Waals surface area contributed by atoms with Crippen molar-refractivity contribution in [2.75, 3.05) is 5.73 Å². The zero-order chi connectivity index (χ0) is 14.1. The molecule has 0 aliphatic rings. The van der Waals surface area contributed by atoms with Gasteiger partial charge >= 0.3 is 0 Å². The first-order valence-electron chi connectivity index (χ1n) is 6.06. The summed E-state index contributed by atoms with van der Waals surface area (Å²) in [5.74, 6) is 1.10. The summed E-state index contributed by atoms with van der Waals surface area (Å²) in [6, 6.07) is 12.9. The predicted molar refractivity (Wildman–Crippen MR) is 78.7 cm³/mol. The molecule has 2 N–H and O–H groups in total. The average Bonchev–Trinajstić information content (AvgIpc) is 2.82. The SMILES string of the molecule is Cc1ccc(-n2nc(-c3ccc(Cl)cc3)cc2N)nn1. The maximum Gasteiger partial charge on any atom is 0.178 e. The molecule has 2 aromatic heterocycles. The minimum atomic E-state index is 0.508. The van der Waals surface area contributed by atoms with Crippen LogP contribution in [0.25, 0.3) is 17.1 Å². The highest BCUT2D eigenvalue weighted by Gasteiger charge is 2.10. The van der Waals surface area contributed by atoms with Gasteiger partial charge < -0.3 is 5.73 Å². The molecule has 0 saturated carbocycles. The van der Waals surface area contributed by atoms with Crippen molar-refractivity contribution >= 4 is 17.4 Å². The fourth-order valence-corrected chi connectivity index (χ4v) is 1.97. The summed E-state index contributed by atoms with van der Waals surface area (Å²) in [6.07, 6.45) is 0. The number of nitrogen functional groups attached to an aromatic ring is 1. The van der Waals surface area contributed by atoms with E-state index < -0.39 is 0 Å². The normalized spacial score (nSPS) is 10.7. The molecule has 0 aliphatic carbocycles. The molecule has 0 unspecified atom stereocenters. The van der Waals surface area contributed by atoms with Crippen molar-refractivity contribution in [2.24, 2.45) is 0 Å². The number of nitrogens with two attached hydrogens (primary N) is 1. The highest BCUT2D eigenvalue weighted by Crippen LogP contribution is 2.23. The van der Waals surface area contributed by atoms with E-state index in [-0.39, 0.29) is 0 Å². The standard InChI is InChI=1S/C14H12ClN5/c1-9-2-7-14(18-17-9)20-13(16)8-12(19-20)10-3-5-11(15)6-4-10/h2-8H,16H2,1H3. The summed E-state index contributed by atoms with van der Waals surface area (Å²) in [5.41, 5.74) is 8.54. The lowest BCUT2D eigenvalue weighted by molar-refractivity contribution is 0.816. The quantitative estimate of drug-likeness (QED) is 0.786. The van der Waals surface area contributed by atoms with E-state index in [1.165, 1.54) is 0 Å². The molecule has 20 heavy (non-hydrogen) atoms. The smallest absolute Gasteiger partial charge is 0.178 e. The van der Waals surface area contributed by atoms with Gasteiger partial charge in [-0.1, -0.05) is 23.7 Å². The molecule has 3 aromatic rings. The van der Waals surface area contributed by atoms with Crippen LogP contribution in [-0.2, 0) is 0 Å². The summed E-state index contributed by atoms with van der Waals surface area (Å²) in [7, 11) is 0. The van der Waals surface area contributed by atoms with Gasteiger partial charge in [0.15, 0.2) is 5.82 Å². The van der Waals surface area contributed by atoms with Crippen molar-refractivity contribution in [2.45, 2.75) is 6.92 Å². The van der Waals surface area contributed by atoms with Gasteiger partial charge in [-0.05, 0) is 31.2 Å². The Hall–Kier alpha value is -2.40. The molecule has 0 amide bonds. The summed E-state index contributed by atoms with van der Waals surface area (Å²) < 4.78 is 1.57. The van der Waals surface area contributed by atoms with E-state index in [0.717, 1.165) is 17.0 Å². The lowest BCUT2D eigenvalue weighted by atomic mass is 10.1. The molecule has 0 saturated heterocycles. The Balaban J connectivity index is 2.02. The molecule has 0 aliphatic heterocycles. The first-order valence-corrected chi connectivity index (χ1v) is 6.43. The van der Waals surface area contributed by atoms with Crippen molar-refractivity contribution in [3.8, 4) is 17.1 Å². The lowest BCUT2D eigenvalue weighted by Crippen LogP contribution is -2.05. The van der Waals surface area contributed by atoms with Gasteiger partial charge in [0, 0.05) is 16.7 Å². The van der Waals surface area contributed by atoms with E-state index in [1.807, 2.05) is 43.3 Å². The maximum absolute atomic E-state index is 5.99. The van der Waals surface area contributed by atoms with Gasteiger partial charge in [0.05, 0.1) is 11.4 Å². The number of hydrogen-bond acceptors (Lipinski definition) is 4. The highest BCUT2D eigenvalue weighted by molar-refractivity contribution is 6.30. The van der Waals surface area contributed by atoms with Gasteiger partial charge in [-0.2, -0.15) is 14.9 Å². The van der Waals surface area contributed by atoms with Gasteiger partial charge in [-0.3, -0.25) is 0 Å². The molecule has 0 atom stereocenters. The molecule has 100 valence electrons. The number of benzene rings is 1. The molecule has 0 fully saturated rings. The third-order valence-corrected chi connectivity index (χ3v) is 3.13. The Kier molecular flexibility index (Phi) is 3.12. The summed E-state index contributed by atoms with van der Waals surface area (Å²) >= 11 is 5.88. The molecule has 1 aromatic carbocycles. The minimum Gasteiger partial charge on any atom is -0.384 e. The molecule has 0 spiro atoms. The maximum atomic E-state index is 5.99. The van der Waals surface area contributed by atoms with Gasteiger partial charge in [-0.15, -0.1) is 5.10 Å². The van der Waals surface area contributed by atoms with Crippen molar-refractivity contribution in [1.29, 1.82) is 0 Å². The monoisotopic (exact) mass is 285 g/mol. The second kappa shape index (κ2) is 4.94. The Bertz CT molecular complexity index is 731. The van der Waals surface area contributed by atoms with E-state index >= 15 is 0 Å². The molecule has 0 radical (unpaired) electrons. The van der Waals surface area contributed by atoms with Crippen LogP contribution in [0.5, 0.6) is 0 Å². The highest BCUT2D eigenvalue weighted by atomic mass is 35.5. The number of rotatable bonds is 2. The van der Waals surface area contributed by atoms with Crippen LogP contribution >= 0.6 is 11.6 Å². The molecule has 6 heteroatoms. The third-order valence-electron chi connectivity index (χ3n) is 2.88. The Morgan fingerprint density at radius 3 is 2.45 bits per heavy atom. The number of hydrogen-bond donors (Lipinski definition) is 1. The molecule has 0 bridgehead atoms. The van der Waals surface area contributed by atoms with Crippen molar-refractivity contribution in [3.63, 3.8) is 0 Å².